The second-order valence-corrected chi connectivity index (χ2v) is 6.87. The highest BCUT2D eigenvalue weighted by molar-refractivity contribution is 5.95. The highest BCUT2D eigenvalue weighted by Gasteiger charge is 2.27. The summed E-state index contributed by atoms with van der Waals surface area (Å²) in [5, 5.41) is 23.0. The van der Waals surface area contributed by atoms with E-state index in [-0.39, 0.29) is 17.3 Å². The Labute approximate surface area is 183 Å². The number of methoxy groups -OCH3 is 2. The summed E-state index contributed by atoms with van der Waals surface area (Å²) in [5.41, 5.74) is 2.00. The van der Waals surface area contributed by atoms with Gasteiger partial charge in [0.25, 0.3) is 11.6 Å². The van der Waals surface area contributed by atoms with Crippen LogP contribution in [-0.4, -0.2) is 67.4 Å². The van der Waals surface area contributed by atoms with Crippen molar-refractivity contribution in [1.82, 2.24) is 10.4 Å². The van der Waals surface area contributed by atoms with Gasteiger partial charge in [-0.1, -0.05) is 0 Å². The number of hydrogen-bond donors (Lipinski definition) is 3. The Bertz CT molecular complexity index is 1020. The molecular weight excluding hydrogens is 422 g/mol. The first-order valence-electron chi connectivity index (χ1n) is 9.63. The number of carbonyl (C=O) groups is 2. The third-order valence-electron chi connectivity index (χ3n) is 5.09. The predicted octanol–water partition coefficient (Wildman–Crippen LogP) is 2.09. The lowest BCUT2D eigenvalue weighted by atomic mass is 10.1. The summed E-state index contributed by atoms with van der Waals surface area (Å²) in [6.07, 6.45) is 0. The average molecular weight is 445 g/mol. The van der Waals surface area contributed by atoms with E-state index in [1.807, 2.05) is 0 Å². The van der Waals surface area contributed by atoms with E-state index in [1.165, 1.54) is 31.8 Å². The van der Waals surface area contributed by atoms with Crippen molar-refractivity contribution in [3.05, 3.63) is 52.1 Å². The number of rotatable bonds is 6. The van der Waals surface area contributed by atoms with Crippen molar-refractivity contribution >= 4 is 29.0 Å². The molecule has 1 aliphatic heterocycles. The van der Waals surface area contributed by atoms with Gasteiger partial charge in [-0.3, -0.25) is 20.1 Å². The molecule has 0 aromatic heterocycles. The smallest absolute Gasteiger partial charge is 0.322 e. The number of urea groups is 1. The van der Waals surface area contributed by atoms with Crippen molar-refractivity contribution in [2.45, 2.75) is 0 Å². The van der Waals surface area contributed by atoms with E-state index in [1.54, 1.807) is 28.0 Å². The van der Waals surface area contributed by atoms with Crippen LogP contribution in [0.1, 0.15) is 10.4 Å². The van der Waals surface area contributed by atoms with Crippen molar-refractivity contribution in [3.8, 4) is 11.5 Å². The molecule has 0 aliphatic carbocycles. The molecule has 12 nitrogen and oxygen atoms in total. The van der Waals surface area contributed by atoms with Gasteiger partial charge in [0.05, 0.1) is 24.8 Å². The summed E-state index contributed by atoms with van der Waals surface area (Å²) in [5.74, 6) is 0.214. The van der Waals surface area contributed by atoms with Gasteiger partial charge in [-0.15, -0.1) is 0 Å². The molecule has 3 rings (SSSR count). The highest BCUT2D eigenvalue weighted by atomic mass is 16.6. The quantitative estimate of drug-likeness (QED) is 0.348. The fourth-order valence-corrected chi connectivity index (χ4v) is 3.39. The summed E-state index contributed by atoms with van der Waals surface area (Å²) in [6.45, 7) is 1.39. The maximum Gasteiger partial charge on any atom is 0.322 e. The number of nitrogens with one attached hydrogen (secondary N) is 2. The molecule has 1 heterocycles. The number of nitrogens with zero attached hydrogens (tertiary/aromatic N) is 3. The Morgan fingerprint density at radius 3 is 2.38 bits per heavy atom. The van der Waals surface area contributed by atoms with Crippen LogP contribution in [0.4, 0.5) is 21.9 Å². The summed E-state index contributed by atoms with van der Waals surface area (Å²) in [7, 11) is 3.03. The maximum absolute atomic E-state index is 12.7. The Morgan fingerprint density at radius 1 is 1.06 bits per heavy atom. The van der Waals surface area contributed by atoms with Gasteiger partial charge in [-0.25, -0.2) is 10.3 Å². The zero-order chi connectivity index (χ0) is 23.3. The third kappa shape index (κ3) is 4.81. The number of carbonyl (C=O) groups excluding carboxylic acids is 2. The molecule has 3 amide bonds. The molecule has 0 bridgehead atoms. The van der Waals surface area contributed by atoms with Gasteiger partial charge in [0.1, 0.15) is 17.2 Å². The largest absolute Gasteiger partial charge is 0.497 e. The van der Waals surface area contributed by atoms with Crippen LogP contribution in [0.3, 0.4) is 0 Å². The number of nitro benzene ring substituents is 1. The minimum Gasteiger partial charge on any atom is -0.497 e. The van der Waals surface area contributed by atoms with E-state index in [0.29, 0.717) is 49.1 Å². The predicted molar refractivity (Wildman–Crippen MR) is 115 cm³/mol. The monoisotopic (exact) mass is 445 g/mol. The summed E-state index contributed by atoms with van der Waals surface area (Å²) >= 11 is 0. The van der Waals surface area contributed by atoms with Gasteiger partial charge in [-0.2, -0.15) is 0 Å². The first kappa shape index (κ1) is 22.6. The van der Waals surface area contributed by atoms with E-state index in [9.17, 15) is 19.7 Å². The van der Waals surface area contributed by atoms with Gasteiger partial charge in [0, 0.05) is 43.9 Å². The number of hydrogen-bond acceptors (Lipinski definition) is 8. The van der Waals surface area contributed by atoms with Crippen molar-refractivity contribution in [2.24, 2.45) is 0 Å². The fraction of sp³-hybridized carbons (Fsp3) is 0.300. The van der Waals surface area contributed by atoms with E-state index in [4.69, 9.17) is 14.7 Å². The van der Waals surface area contributed by atoms with Gasteiger partial charge in [0.15, 0.2) is 0 Å². The number of amides is 3. The van der Waals surface area contributed by atoms with Gasteiger partial charge >= 0.3 is 6.03 Å². The summed E-state index contributed by atoms with van der Waals surface area (Å²) < 4.78 is 10.4. The Balaban J connectivity index is 1.68. The topological polar surface area (TPSA) is 147 Å². The average Bonchev–Trinajstić information content (AvgIpc) is 2.83. The van der Waals surface area contributed by atoms with Crippen LogP contribution in [0, 0.1) is 10.1 Å². The number of benzene rings is 2. The molecule has 32 heavy (non-hydrogen) atoms. The molecule has 0 atom stereocenters. The summed E-state index contributed by atoms with van der Waals surface area (Å²) in [6, 6.07) is 8.68. The molecule has 2 aromatic rings. The lowest BCUT2D eigenvalue weighted by molar-refractivity contribution is -0.384. The van der Waals surface area contributed by atoms with Crippen LogP contribution in [0.5, 0.6) is 11.5 Å². The molecule has 0 unspecified atom stereocenters. The Hall–Kier alpha value is -4.06. The Morgan fingerprint density at radius 2 is 1.78 bits per heavy atom. The normalized spacial score (nSPS) is 13.3. The van der Waals surface area contributed by atoms with Crippen LogP contribution in [0.2, 0.25) is 0 Å². The van der Waals surface area contributed by atoms with E-state index >= 15 is 0 Å². The molecule has 0 spiro atoms. The van der Waals surface area contributed by atoms with Crippen LogP contribution in [-0.2, 0) is 0 Å². The van der Waals surface area contributed by atoms with Gasteiger partial charge in [0.2, 0.25) is 0 Å². The van der Waals surface area contributed by atoms with Crippen molar-refractivity contribution in [3.63, 3.8) is 0 Å². The SMILES string of the molecule is COc1ccc(NC(=O)N2CCN(c3ccc(C(=O)NO)cc3[N+](=O)[O-])CC2)c(OC)c1. The van der Waals surface area contributed by atoms with Gasteiger partial charge < -0.3 is 24.6 Å². The summed E-state index contributed by atoms with van der Waals surface area (Å²) in [4.78, 5) is 38.5. The molecule has 12 heteroatoms. The first-order chi connectivity index (χ1) is 15.4. The first-order valence-corrected chi connectivity index (χ1v) is 9.63. The number of piperazine rings is 1. The zero-order valence-corrected chi connectivity index (χ0v) is 17.5. The fourth-order valence-electron chi connectivity index (χ4n) is 3.39. The lowest BCUT2D eigenvalue weighted by Crippen LogP contribution is -2.50. The number of ether oxygens (including phenoxy) is 2. The molecule has 0 radical (unpaired) electrons. The van der Waals surface area contributed by atoms with Crippen LogP contribution in [0.25, 0.3) is 0 Å². The van der Waals surface area contributed by atoms with E-state index in [2.05, 4.69) is 5.32 Å². The van der Waals surface area contributed by atoms with Crippen molar-refractivity contribution < 1.29 is 29.2 Å². The zero-order valence-electron chi connectivity index (χ0n) is 17.5. The molecule has 1 aliphatic rings. The number of anilines is 2. The second kappa shape index (κ2) is 9.83. The highest BCUT2D eigenvalue weighted by Crippen LogP contribution is 2.31. The molecule has 2 aromatic carbocycles. The standard InChI is InChI=1S/C20H23N5O7/c1-31-14-4-5-15(18(12-14)32-2)21-20(27)24-9-7-23(8-10-24)16-6-3-13(19(26)22-28)11-17(16)25(29)30/h3-6,11-12,28H,7-10H2,1-2H3,(H,21,27)(H,22,26). The molecule has 1 fully saturated rings. The van der Waals surface area contributed by atoms with Crippen molar-refractivity contribution in [1.29, 1.82) is 0 Å². The third-order valence-corrected chi connectivity index (χ3v) is 5.09. The molecule has 170 valence electrons. The molecule has 1 saturated heterocycles. The molecule has 0 saturated carbocycles. The second-order valence-electron chi connectivity index (χ2n) is 6.87. The van der Waals surface area contributed by atoms with Crippen LogP contribution < -0.4 is 25.2 Å². The molecule has 3 N–H and O–H groups in total. The van der Waals surface area contributed by atoms with Crippen molar-refractivity contribution in [2.75, 3.05) is 50.6 Å². The van der Waals surface area contributed by atoms with Crippen LogP contribution >= 0.6 is 0 Å². The van der Waals surface area contributed by atoms with Gasteiger partial charge in [-0.05, 0) is 24.3 Å². The number of hydroxylamine groups is 1. The minimum atomic E-state index is -0.838. The number of nitro groups is 1. The lowest BCUT2D eigenvalue weighted by Gasteiger charge is -2.35. The minimum absolute atomic E-state index is 0.0330. The van der Waals surface area contributed by atoms with E-state index in [0.717, 1.165) is 6.07 Å². The Kier molecular flexibility index (Phi) is 6.95. The van der Waals surface area contributed by atoms with Crippen LogP contribution in [0.15, 0.2) is 36.4 Å². The maximum atomic E-state index is 12.7. The van der Waals surface area contributed by atoms with E-state index < -0.39 is 10.8 Å². The molecular formula is C20H23N5O7.